The standard InChI is InChI=1S/C16H25NO/c1-4-11-17-15(16(18-3)13-9-10-13)14-8-6-5-7-12(14)2/h5-8,13,15-17H,4,9-11H2,1-3H3. The van der Waals surface area contributed by atoms with Crippen LogP contribution in [-0.4, -0.2) is 19.8 Å². The molecule has 2 unspecified atom stereocenters. The van der Waals surface area contributed by atoms with Gasteiger partial charge in [-0.25, -0.2) is 0 Å². The molecule has 0 bridgehead atoms. The number of aryl methyl sites for hydroxylation is 1. The van der Waals surface area contributed by atoms with Gasteiger partial charge < -0.3 is 10.1 Å². The summed E-state index contributed by atoms with van der Waals surface area (Å²) in [5.74, 6) is 0.740. The van der Waals surface area contributed by atoms with Gasteiger partial charge in [0.1, 0.15) is 0 Å². The topological polar surface area (TPSA) is 21.3 Å². The van der Waals surface area contributed by atoms with Gasteiger partial charge in [-0.1, -0.05) is 31.2 Å². The number of hydrogen-bond donors (Lipinski definition) is 1. The lowest BCUT2D eigenvalue weighted by Gasteiger charge is -2.28. The smallest absolute Gasteiger partial charge is 0.0794 e. The fourth-order valence-corrected chi connectivity index (χ4v) is 2.66. The van der Waals surface area contributed by atoms with Crippen LogP contribution in [0.2, 0.25) is 0 Å². The molecule has 100 valence electrons. The molecule has 2 rings (SSSR count). The molecule has 2 atom stereocenters. The van der Waals surface area contributed by atoms with E-state index in [-0.39, 0.29) is 0 Å². The van der Waals surface area contributed by atoms with Crippen LogP contribution in [0, 0.1) is 12.8 Å². The highest BCUT2D eigenvalue weighted by Crippen LogP contribution is 2.40. The molecule has 0 aromatic heterocycles. The van der Waals surface area contributed by atoms with Crippen LogP contribution in [0.15, 0.2) is 24.3 Å². The van der Waals surface area contributed by atoms with Gasteiger partial charge in [0, 0.05) is 7.11 Å². The Morgan fingerprint density at radius 2 is 2.06 bits per heavy atom. The van der Waals surface area contributed by atoms with Gasteiger partial charge in [-0.05, 0) is 49.8 Å². The van der Waals surface area contributed by atoms with Crippen molar-refractivity contribution in [2.45, 2.75) is 45.3 Å². The van der Waals surface area contributed by atoms with E-state index in [4.69, 9.17) is 4.74 Å². The molecular formula is C16H25NO. The molecular weight excluding hydrogens is 222 g/mol. The Hall–Kier alpha value is -0.860. The second kappa shape index (κ2) is 6.35. The predicted octanol–water partition coefficient (Wildman–Crippen LogP) is 3.46. The molecule has 2 nitrogen and oxygen atoms in total. The van der Waals surface area contributed by atoms with Crippen molar-refractivity contribution in [2.75, 3.05) is 13.7 Å². The monoisotopic (exact) mass is 247 g/mol. The van der Waals surface area contributed by atoms with Gasteiger partial charge in [0.15, 0.2) is 0 Å². The normalized spacial score (nSPS) is 18.6. The first-order valence-electron chi connectivity index (χ1n) is 7.09. The summed E-state index contributed by atoms with van der Waals surface area (Å²) in [7, 11) is 1.85. The minimum atomic E-state index is 0.317. The molecule has 18 heavy (non-hydrogen) atoms. The molecule has 1 aliphatic rings. The van der Waals surface area contributed by atoms with Gasteiger partial charge >= 0.3 is 0 Å². The lowest BCUT2D eigenvalue weighted by Crippen LogP contribution is -2.35. The minimum absolute atomic E-state index is 0.317. The predicted molar refractivity (Wildman–Crippen MR) is 75.7 cm³/mol. The minimum Gasteiger partial charge on any atom is -0.379 e. The quantitative estimate of drug-likeness (QED) is 0.796. The van der Waals surface area contributed by atoms with E-state index in [9.17, 15) is 0 Å². The van der Waals surface area contributed by atoms with Gasteiger partial charge in [-0.3, -0.25) is 0 Å². The molecule has 1 aliphatic carbocycles. The van der Waals surface area contributed by atoms with Gasteiger partial charge in [-0.15, -0.1) is 0 Å². The van der Waals surface area contributed by atoms with Crippen LogP contribution in [0.1, 0.15) is 43.4 Å². The molecule has 0 radical (unpaired) electrons. The van der Waals surface area contributed by atoms with E-state index in [1.807, 2.05) is 7.11 Å². The molecule has 0 amide bonds. The van der Waals surface area contributed by atoms with Crippen LogP contribution >= 0.6 is 0 Å². The van der Waals surface area contributed by atoms with Crippen LogP contribution < -0.4 is 5.32 Å². The Bertz CT molecular complexity index is 373. The molecule has 1 aromatic rings. The Labute approximate surface area is 111 Å². The van der Waals surface area contributed by atoms with Crippen molar-refractivity contribution in [3.63, 3.8) is 0 Å². The van der Waals surface area contributed by atoms with E-state index in [1.54, 1.807) is 0 Å². The molecule has 1 fully saturated rings. The maximum atomic E-state index is 5.78. The highest BCUT2D eigenvalue weighted by Gasteiger charge is 2.37. The maximum Gasteiger partial charge on any atom is 0.0794 e. The van der Waals surface area contributed by atoms with Crippen molar-refractivity contribution in [2.24, 2.45) is 5.92 Å². The summed E-state index contributed by atoms with van der Waals surface area (Å²) >= 11 is 0. The number of nitrogens with one attached hydrogen (secondary N) is 1. The number of ether oxygens (including phenoxy) is 1. The van der Waals surface area contributed by atoms with Crippen molar-refractivity contribution in [1.82, 2.24) is 5.32 Å². The molecule has 0 saturated heterocycles. The zero-order valence-electron chi connectivity index (χ0n) is 11.8. The first kappa shape index (κ1) is 13.6. The van der Waals surface area contributed by atoms with Crippen molar-refractivity contribution in [3.05, 3.63) is 35.4 Å². The molecule has 1 aromatic carbocycles. The summed E-state index contributed by atoms with van der Waals surface area (Å²) in [5.41, 5.74) is 2.75. The van der Waals surface area contributed by atoms with Crippen molar-refractivity contribution in [3.8, 4) is 0 Å². The number of methoxy groups -OCH3 is 1. The Kier molecular flexibility index (Phi) is 4.79. The second-order valence-electron chi connectivity index (χ2n) is 5.33. The second-order valence-corrected chi connectivity index (χ2v) is 5.33. The van der Waals surface area contributed by atoms with Gasteiger partial charge in [-0.2, -0.15) is 0 Å². The highest BCUT2D eigenvalue weighted by molar-refractivity contribution is 5.30. The lowest BCUT2D eigenvalue weighted by molar-refractivity contribution is 0.0505. The van der Waals surface area contributed by atoms with Crippen LogP contribution in [0.5, 0.6) is 0 Å². The molecule has 1 N–H and O–H groups in total. The average molecular weight is 247 g/mol. The third-order valence-corrected chi connectivity index (χ3v) is 3.83. The van der Waals surface area contributed by atoms with Crippen LogP contribution in [-0.2, 0) is 4.74 Å². The van der Waals surface area contributed by atoms with E-state index in [2.05, 4.69) is 43.4 Å². The summed E-state index contributed by atoms with van der Waals surface area (Å²) < 4.78 is 5.78. The Morgan fingerprint density at radius 1 is 1.33 bits per heavy atom. The first-order chi connectivity index (χ1) is 8.77. The van der Waals surface area contributed by atoms with Gasteiger partial charge in [0.25, 0.3) is 0 Å². The van der Waals surface area contributed by atoms with E-state index in [0.29, 0.717) is 12.1 Å². The summed E-state index contributed by atoms with van der Waals surface area (Å²) in [6.07, 6.45) is 4.10. The van der Waals surface area contributed by atoms with Gasteiger partial charge in [0.05, 0.1) is 12.1 Å². The van der Waals surface area contributed by atoms with E-state index in [1.165, 1.54) is 24.0 Å². The third kappa shape index (κ3) is 3.12. The molecule has 0 aliphatic heterocycles. The van der Waals surface area contributed by atoms with E-state index >= 15 is 0 Å². The van der Waals surface area contributed by atoms with E-state index in [0.717, 1.165) is 18.9 Å². The largest absolute Gasteiger partial charge is 0.379 e. The summed E-state index contributed by atoms with van der Waals surface area (Å²) in [6.45, 7) is 5.45. The first-order valence-corrected chi connectivity index (χ1v) is 7.09. The van der Waals surface area contributed by atoms with Crippen molar-refractivity contribution in [1.29, 1.82) is 0 Å². The fourth-order valence-electron chi connectivity index (χ4n) is 2.66. The van der Waals surface area contributed by atoms with Gasteiger partial charge in [0.2, 0.25) is 0 Å². The van der Waals surface area contributed by atoms with Crippen LogP contribution in [0.4, 0.5) is 0 Å². The Balaban J connectivity index is 2.20. The lowest BCUT2D eigenvalue weighted by atomic mass is 9.94. The average Bonchev–Trinajstić information content (AvgIpc) is 3.20. The highest BCUT2D eigenvalue weighted by atomic mass is 16.5. The maximum absolute atomic E-state index is 5.78. The SMILES string of the molecule is CCCNC(c1ccccc1C)C(OC)C1CC1. The zero-order chi connectivity index (χ0) is 13.0. The third-order valence-electron chi connectivity index (χ3n) is 3.83. The molecule has 0 spiro atoms. The fraction of sp³-hybridized carbons (Fsp3) is 0.625. The van der Waals surface area contributed by atoms with Crippen molar-refractivity contribution < 1.29 is 4.74 Å². The number of benzene rings is 1. The molecule has 1 saturated carbocycles. The molecule has 0 heterocycles. The number of hydrogen-bond acceptors (Lipinski definition) is 2. The van der Waals surface area contributed by atoms with Crippen molar-refractivity contribution >= 4 is 0 Å². The summed E-state index contributed by atoms with van der Waals surface area (Å²) in [4.78, 5) is 0. The molecule has 2 heteroatoms. The number of rotatable bonds is 7. The Morgan fingerprint density at radius 3 is 2.61 bits per heavy atom. The summed E-state index contributed by atoms with van der Waals surface area (Å²) in [6, 6.07) is 8.99. The summed E-state index contributed by atoms with van der Waals surface area (Å²) in [5, 5.41) is 3.67. The van der Waals surface area contributed by atoms with E-state index < -0.39 is 0 Å². The van der Waals surface area contributed by atoms with Crippen LogP contribution in [0.25, 0.3) is 0 Å². The zero-order valence-corrected chi connectivity index (χ0v) is 11.8. The van der Waals surface area contributed by atoms with Crippen LogP contribution in [0.3, 0.4) is 0 Å².